The third kappa shape index (κ3) is 2.43. The van der Waals surface area contributed by atoms with E-state index in [4.69, 9.17) is 5.11 Å². The number of anilines is 1. The van der Waals surface area contributed by atoms with E-state index in [9.17, 15) is 9.59 Å². The third-order valence-corrected chi connectivity index (χ3v) is 3.96. The summed E-state index contributed by atoms with van der Waals surface area (Å²) in [5, 5.41) is 12.8. The highest BCUT2D eigenvalue weighted by atomic mass is 16.4. The van der Waals surface area contributed by atoms with Gasteiger partial charge in [0.25, 0.3) is 0 Å². The van der Waals surface area contributed by atoms with E-state index in [2.05, 4.69) is 15.2 Å². The van der Waals surface area contributed by atoms with Gasteiger partial charge in [0.15, 0.2) is 0 Å². The molecule has 1 fully saturated rings. The second kappa shape index (κ2) is 5.76. The number of fused-ring (bicyclic) bond motifs is 1. The molecule has 0 aromatic carbocycles. The van der Waals surface area contributed by atoms with E-state index in [1.54, 1.807) is 4.57 Å². The molecule has 3 heterocycles. The Morgan fingerprint density at radius 2 is 2.14 bits per heavy atom. The standard InChI is InChI=1S/C15H18N4O3/c1-2-18-9-11(15(21)22)14(20)10-8-17-13(7-12(10)18)19-5-3-16-4-6-19/h7-9,16H,2-6H2,1H3,(H,21,22). The van der Waals surface area contributed by atoms with E-state index in [1.165, 1.54) is 12.4 Å². The Morgan fingerprint density at radius 3 is 2.77 bits per heavy atom. The molecule has 2 aromatic rings. The molecule has 2 N–H and O–H groups in total. The van der Waals surface area contributed by atoms with Crippen molar-refractivity contribution in [3.05, 3.63) is 34.2 Å². The smallest absolute Gasteiger partial charge is 0.341 e. The van der Waals surface area contributed by atoms with Crippen molar-refractivity contribution in [1.82, 2.24) is 14.9 Å². The highest BCUT2D eigenvalue weighted by molar-refractivity contribution is 5.92. The number of piperazine rings is 1. The molecule has 7 nitrogen and oxygen atoms in total. The molecule has 3 rings (SSSR count). The van der Waals surface area contributed by atoms with Crippen LogP contribution in [0, 0.1) is 0 Å². The Labute approximate surface area is 127 Å². The largest absolute Gasteiger partial charge is 0.477 e. The molecule has 2 aromatic heterocycles. The van der Waals surface area contributed by atoms with Crippen LogP contribution in [0.3, 0.4) is 0 Å². The zero-order valence-electron chi connectivity index (χ0n) is 12.4. The second-order valence-electron chi connectivity index (χ2n) is 5.26. The molecular formula is C15H18N4O3. The lowest BCUT2D eigenvalue weighted by atomic mass is 10.1. The number of pyridine rings is 2. The van der Waals surface area contributed by atoms with E-state index in [0.717, 1.165) is 37.5 Å². The summed E-state index contributed by atoms with van der Waals surface area (Å²) in [7, 11) is 0. The Balaban J connectivity index is 2.17. The lowest BCUT2D eigenvalue weighted by Gasteiger charge is -2.28. The zero-order chi connectivity index (χ0) is 15.7. The number of nitrogens with one attached hydrogen (secondary N) is 1. The predicted octanol–water partition coefficient (Wildman–Crippen LogP) is 0.524. The molecule has 0 radical (unpaired) electrons. The molecule has 1 aliphatic heterocycles. The number of aryl methyl sites for hydroxylation is 1. The maximum Gasteiger partial charge on any atom is 0.341 e. The van der Waals surface area contributed by atoms with Gasteiger partial charge in [0.05, 0.1) is 10.9 Å². The fraction of sp³-hybridized carbons (Fsp3) is 0.400. The van der Waals surface area contributed by atoms with Crippen LogP contribution in [0.4, 0.5) is 5.82 Å². The van der Waals surface area contributed by atoms with E-state index in [0.29, 0.717) is 11.9 Å². The predicted molar refractivity (Wildman–Crippen MR) is 83.7 cm³/mol. The van der Waals surface area contributed by atoms with Crippen LogP contribution in [0.5, 0.6) is 0 Å². The van der Waals surface area contributed by atoms with Gasteiger partial charge in [-0.1, -0.05) is 0 Å². The van der Waals surface area contributed by atoms with Crippen molar-refractivity contribution in [1.29, 1.82) is 0 Å². The number of aromatic carboxylic acids is 1. The molecule has 0 unspecified atom stereocenters. The van der Waals surface area contributed by atoms with Crippen molar-refractivity contribution in [2.24, 2.45) is 0 Å². The summed E-state index contributed by atoms with van der Waals surface area (Å²) in [4.78, 5) is 30.0. The molecule has 116 valence electrons. The number of carboxylic acid groups (broad SMARTS) is 1. The average molecular weight is 302 g/mol. The van der Waals surface area contributed by atoms with E-state index >= 15 is 0 Å². The zero-order valence-corrected chi connectivity index (χ0v) is 12.4. The second-order valence-corrected chi connectivity index (χ2v) is 5.26. The number of carbonyl (C=O) groups is 1. The van der Waals surface area contributed by atoms with Crippen molar-refractivity contribution < 1.29 is 9.90 Å². The quantitative estimate of drug-likeness (QED) is 0.860. The molecule has 0 amide bonds. The van der Waals surface area contributed by atoms with Crippen LogP contribution in [-0.4, -0.2) is 46.8 Å². The first-order chi connectivity index (χ1) is 10.6. The Kier molecular flexibility index (Phi) is 3.81. The summed E-state index contributed by atoms with van der Waals surface area (Å²) in [6, 6.07) is 1.87. The van der Waals surface area contributed by atoms with Gasteiger partial charge in [-0.15, -0.1) is 0 Å². The summed E-state index contributed by atoms with van der Waals surface area (Å²) < 4.78 is 1.79. The van der Waals surface area contributed by atoms with Crippen LogP contribution in [0.15, 0.2) is 23.3 Å². The van der Waals surface area contributed by atoms with Crippen LogP contribution in [-0.2, 0) is 6.54 Å². The van der Waals surface area contributed by atoms with E-state index in [1.807, 2.05) is 13.0 Å². The number of rotatable bonds is 3. The first-order valence-corrected chi connectivity index (χ1v) is 7.34. The molecule has 1 aliphatic rings. The lowest BCUT2D eigenvalue weighted by molar-refractivity contribution is 0.0695. The maximum atomic E-state index is 12.3. The van der Waals surface area contributed by atoms with Crippen molar-refractivity contribution in [2.75, 3.05) is 31.1 Å². The molecule has 22 heavy (non-hydrogen) atoms. The molecular weight excluding hydrogens is 284 g/mol. The monoisotopic (exact) mass is 302 g/mol. The highest BCUT2D eigenvalue weighted by Gasteiger charge is 2.17. The Morgan fingerprint density at radius 1 is 1.41 bits per heavy atom. The first kappa shape index (κ1) is 14.5. The number of carboxylic acids is 1. The number of nitrogens with zero attached hydrogens (tertiary/aromatic N) is 3. The van der Waals surface area contributed by atoms with Crippen LogP contribution in [0.25, 0.3) is 10.9 Å². The van der Waals surface area contributed by atoms with Crippen LogP contribution in [0.2, 0.25) is 0 Å². The van der Waals surface area contributed by atoms with Gasteiger partial charge in [-0.05, 0) is 6.92 Å². The topological polar surface area (TPSA) is 87.5 Å². The van der Waals surface area contributed by atoms with Gasteiger partial charge in [0, 0.05) is 51.2 Å². The minimum Gasteiger partial charge on any atom is -0.477 e. The molecule has 0 bridgehead atoms. The van der Waals surface area contributed by atoms with E-state index in [-0.39, 0.29) is 5.56 Å². The minimum absolute atomic E-state index is 0.217. The molecule has 0 saturated carbocycles. The number of hydrogen-bond donors (Lipinski definition) is 2. The van der Waals surface area contributed by atoms with Crippen molar-refractivity contribution in [2.45, 2.75) is 13.5 Å². The van der Waals surface area contributed by atoms with Gasteiger partial charge in [-0.2, -0.15) is 0 Å². The summed E-state index contributed by atoms with van der Waals surface area (Å²) in [5.74, 6) is -0.390. The van der Waals surface area contributed by atoms with Gasteiger partial charge >= 0.3 is 5.97 Å². The third-order valence-electron chi connectivity index (χ3n) is 3.96. The number of hydrogen-bond acceptors (Lipinski definition) is 5. The highest BCUT2D eigenvalue weighted by Crippen LogP contribution is 2.19. The fourth-order valence-corrected chi connectivity index (χ4v) is 2.76. The lowest BCUT2D eigenvalue weighted by Crippen LogP contribution is -2.43. The molecule has 0 atom stereocenters. The molecule has 0 spiro atoms. The van der Waals surface area contributed by atoms with Gasteiger partial charge in [-0.3, -0.25) is 4.79 Å². The summed E-state index contributed by atoms with van der Waals surface area (Å²) in [6.07, 6.45) is 2.90. The first-order valence-electron chi connectivity index (χ1n) is 7.34. The summed E-state index contributed by atoms with van der Waals surface area (Å²) in [5.41, 5.74) is 0.0265. The minimum atomic E-state index is -1.21. The van der Waals surface area contributed by atoms with Gasteiger partial charge < -0.3 is 19.9 Å². The van der Waals surface area contributed by atoms with E-state index < -0.39 is 11.4 Å². The fourth-order valence-electron chi connectivity index (χ4n) is 2.76. The molecule has 7 heteroatoms. The van der Waals surface area contributed by atoms with Crippen LogP contribution >= 0.6 is 0 Å². The molecule has 1 saturated heterocycles. The van der Waals surface area contributed by atoms with Crippen LogP contribution < -0.4 is 15.6 Å². The SMILES string of the molecule is CCn1cc(C(=O)O)c(=O)c2cnc(N3CCNCC3)cc21. The number of aromatic nitrogens is 2. The van der Waals surface area contributed by atoms with Crippen molar-refractivity contribution in [3.8, 4) is 0 Å². The normalized spacial score (nSPS) is 15.2. The molecule has 0 aliphatic carbocycles. The van der Waals surface area contributed by atoms with Gasteiger partial charge in [0.2, 0.25) is 5.43 Å². The Hall–Kier alpha value is -2.41. The van der Waals surface area contributed by atoms with Crippen molar-refractivity contribution in [3.63, 3.8) is 0 Å². The Bertz CT molecular complexity index is 778. The average Bonchev–Trinajstić information content (AvgIpc) is 2.55. The van der Waals surface area contributed by atoms with Gasteiger partial charge in [0.1, 0.15) is 11.4 Å². The van der Waals surface area contributed by atoms with Crippen molar-refractivity contribution >= 4 is 22.7 Å². The summed E-state index contributed by atoms with van der Waals surface area (Å²) >= 11 is 0. The van der Waals surface area contributed by atoms with Crippen LogP contribution in [0.1, 0.15) is 17.3 Å². The maximum absolute atomic E-state index is 12.3. The van der Waals surface area contributed by atoms with Gasteiger partial charge in [-0.25, -0.2) is 9.78 Å². The summed E-state index contributed by atoms with van der Waals surface area (Å²) in [6.45, 7) is 6.03.